The van der Waals surface area contributed by atoms with Gasteiger partial charge in [-0.15, -0.1) is 0 Å². The summed E-state index contributed by atoms with van der Waals surface area (Å²) in [7, 11) is 0. The van der Waals surface area contributed by atoms with E-state index in [1.54, 1.807) is 11.3 Å². The first-order valence-corrected chi connectivity index (χ1v) is 6.96. The first-order valence-electron chi connectivity index (χ1n) is 6.02. The molecule has 0 bridgehead atoms. The Morgan fingerprint density at radius 1 is 1.11 bits per heavy atom. The van der Waals surface area contributed by atoms with Crippen molar-refractivity contribution in [2.24, 2.45) is 0 Å². The summed E-state index contributed by atoms with van der Waals surface area (Å²) in [5, 5.41) is 8.07. The Hall–Kier alpha value is -2.07. The van der Waals surface area contributed by atoms with Crippen LogP contribution in [0.25, 0.3) is 22.5 Å². The number of nitrogens with two attached hydrogens (primary N) is 1. The van der Waals surface area contributed by atoms with Crippen molar-refractivity contribution in [3.05, 3.63) is 46.2 Å². The van der Waals surface area contributed by atoms with E-state index in [4.69, 9.17) is 10.3 Å². The van der Waals surface area contributed by atoms with Crippen LogP contribution in [0.5, 0.6) is 0 Å². The summed E-state index contributed by atoms with van der Waals surface area (Å²) >= 11 is 1.65. The molecule has 0 atom stereocenters. The Morgan fingerprint density at radius 2 is 1.84 bits per heavy atom. The molecule has 3 aromatic rings. The van der Waals surface area contributed by atoms with Crippen LogP contribution in [0.15, 0.2) is 39.5 Å². The summed E-state index contributed by atoms with van der Waals surface area (Å²) < 4.78 is 5.44. The van der Waals surface area contributed by atoms with E-state index >= 15 is 0 Å². The lowest BCUT2D eigenvalue weighted by atomic mass is 10.0. The van der Waals surface area contributed by atoms with Gasteiger partial charge in [0.05, 0.1) is 5.56 Å². The number of anilines is 1. The minimum Gasteiger partial charge on any atom is -0.380 e. The highest BCUT2D eigenvalue weighted by Gasteiger charge is 2.19. The molecule has 4 heteroatoms. The largest absolute Gasteiger partial charge is 0.380 e. The molecule has 0 amide bonds. The molecule has 3 rings (SSSR count). The monoisotopic (exact) mass is 270 g/mol. The van der Waals surface area contributed by atoms with Crippen molar-refractivity contribution < 1.29 is 4.52 Å². The van der Waals surface area contributed by atoms with Crippen molar-refractivity contribution in [1.29, 1.82) is 0 Å². The van der Waals surface area contributed by atoms with Gasteiger partial charge in [-0.05, 0) is 30.4 Å². The predicted molar refractivity (Wildman–Crippen MR) is 79.1 cm³/mol. The molecular weight excluding hydrogens is 256 g/mol. The van der Waals surface area contributed by atoms with Gasteiger partial charge in [0, 0.05) is 10.9 Å². The highest BCUT2D eigenvalue weighted by atomic mass is 32.1. The number of thiophene rings is 1. The smallest absolute Gasteiger partial charge is 0.178 e. The lowest BCUT2D eigenvalue weighted by Crippen LogP contribution is -1.89. The van der Waals surface area contributed by atoms with Crippen molar-refractivity contribution in [2.75, 3.05) is 5.73 Å². The third kappa shape index (κ3) is 2.04. The van der Waals surface area contributed by atoms with E-state index in [9.17, 15) is 0 Å². The Morgan fingerprint density at radius 3 is 2.47 bits per heavy atom. The number of rotatable bonds is 2. The van der Waals surface area contributed by atoms with E-state index in [2.05, 4.69) is 41.9 Å². The van der Waals surface area contributed by atoms with Gasteiger partial charge in [-0.25, -0.2) is 0 Å². The number of aromatic nitrogens is 1. The molecule has 0 aliphatic carbocycles. The van der Waals surface area contributed by atoms with Gasteiger partial charge in [-0.2, -0.15) is 11.3 Å². The van der Waals surface area contributed by atoms with Crippen LogP contribution in [0.1, 0.15) is 11.1 Å². The summed E-state index contributed by atoms with van der Waals surface area (Å²) in [5.74, 6) is 1.18. The van der Waals surface area contributed by atoms with Crippen LogP contribution >= 0.6 is 11.3 Å². The van der Waals surface area contributed by atoms with E-state index in [-0.39, 0.29) is 0 Å². The Kier molecular flexibility index (Phi) is 2.87. The highest BCUT2D eigenvalue weighted by molar-refractivity contribution is 7.08. The maximum Gasteiger partial charge on any atom is 0.178 e. The van der Waals surface area contributed by atoms with Gasteiger partial charge >= 0.3 is 0 Å². The molecule has 0 aliphatic rings. The summed E-state index contributed by atoms with van der Waals surface area (Å²) in [6, 6.07) is 8.21. The van der Waals surface area contributed by atoms with E-state index < -0.39 is 0 Å². The van der Waals surface area contributed by atoms with E-state index in [0.29, 0.717) is 5.82 Å². The van der Waals surface area contributed by atoms with Crippen LogP contribution in [0, 0.1) is 13.8 Å². The molecular formula is C15H14N2OS. The standard InChI is InChI=1S/C15H14N2OS/c1-9-3-5-11(6-4-9)13-14(18-17-15(13)16)12-8-19-7-10(12)2/h3-8H,1-2H3,(H2,16,17). The van der Waals surface area contributed by atoms with Crippen LogP contribution in [-0.4, -0.2) is 5.16 Å². The second-order valence-corrected chi connectivity index (χ2v) is 5.35. The minimum atomic E-state index is 0.435. The summed E-state index contributed by atoms with van der Waals surface area (Å²) in [6.45, 7) is 4.12. The molecule has 0 fully saturated rings. The molecule has 2 aromatic heterocycles. The first-order chi connectivity index (χ1) is 9.16. The quantitative estimate of drug-likeness (QED) is 0.756. The average molecular weight is 270 g/mol. The van der Waals surface area contributed by atoms with Gasteiger partial charge in [0.25, 0.3) is 0 Å². The molecule has 0 saturated heterocycles. The topological polar surface area (TPSA) is 52.0 Å². The SMILES string of the molecule is Cc1ccc(-c2c(N)noc2-c2cscc2C)cc1. The van der Waals surface area contributed by atoms with Crippen molar-refractivity contribution in [3.63, 3.8) is 0 Å². The zero-order valence-corrected chi connectivity index (χ0v) is 11.6. The third-order valence-electron chi connectivity index (χ3n) is 3.16. The molecule has 0 spiro atoms. The summed E-state index contributed by atoms with van der Waals surface area (Å²) in [4.78, 5) is 0. The highest BCUT2D eigenvalue weighted by Crippen LogP contribution is 2.38. The fourth-order valence-electron chi connectivity index (χ4n) is 2.08. The zero-order chi connectivity index (χ0) is 13.4. The molecule has 1 aromatic carbocycles. The fraction of sp³-hybridized carbons (Fsp3) is 0.133. The molecule has 0 radical (unpaired) electrons. The van der Waals surface area contributed by atoms with Crippen LogP contribution < -0.4 is 5.73 Å². The van der Waals surface area contributed by atoms with Gasteiger partial charge in [-0.3, -0.25) is 0 Å². The molecule has 0 saturated carbocycles. The maximum absolute atomic E-state index is 5.97. The lowest BCUT2D eigenvalue weighted by molar-refractivity contribution is 0.436. The van der Waals surface area contributed by atoms with Gasteiger partial charge in [0.15, 0.2) is 11.6 Å². The fourth-order valence-corrected chi connectivity index (χ4v) is 2.91. The normalized spacial score (nSPS) is 10.8. The third-order valence-corrected chi connectivity index (χ3v) is 4.02. The molecule has 96 valence electrons. The number of hydrogen-bond acceptors (Lipinski definition) is 4. The molecule has 19 heavy (non-hydrogen) atoms. The van der Waals surface area contributed by atoms with Crippen molar-refractivity contribution in [2.45, 2.75) is 13.8 Å². The molecule has 2 N–H and O–H groups in total. The predicted octanol–water partition coefficient (Wildman–Crippen LogP) is 4.27. The average Bonchev–Trinajstić information content (AvgIpc) is 2.97. The summed E-state index contributed by atoms with van der Waals surface area (Å²) in [5.41, 5.74) is 11.3. The van der Waals surface area contributed by atoms with Crippen LogP contribution in [0.2, 0.25) is 0 Å². The van der Waals surface area contributed by atoms with Crippen LogP contribution in [0.3, 0.4) is 0 Å². The number of nitrogen functional groups attached to an aromatic ring is 1. The van der Waals surface area contributed by atoms with Crippen molar-refractivity contribution in [1.82, 2.24) is 5.16 Å². The molecule has 0 aliphatic heterocycles. The zero-order valence-electron chi connectivity index (χ0n) is 10.8. The number of aryl methyl sites for hydroxylation is 2. The van der Waals surface area contributed by atoms with Gasteiger partial charge in [-0.1, -0.05) is 35.0 Å². The Balaban J connectivity index is 2.19. The van der Waals surface area contributed by atoms with Crippen LogP contribution in [-0.2, 0) is 0 Å². The van der Waals surface area contributed by atoms with Crippen molar-refractivity contribution in [3.8, 4) is 22.5 Å². The lowest BCUT2D eigenvalue weighted by Gasteiger charge is -2.03. The van der Waals surface area contributed by atoms with Crippen LogP contribution in [0.4, 0.5) is 5.82 Å². The maximum atomic E-state index is 5.97. The van der Waals surface area contributed by atoms with E-state index in [1.807, 2.05) is 12.1 Å². The number of nitrogens with zero attached hydrogens (tertiary/aromatic N) is 1. The number of benzene rings is 1. The Labute approximate surface area is 115 Å². The summed E-state index contributed by atoms with van der Waals surface area (Å²) in [6.07, 6.45) is 0. The minimum absolute atomic E-state index is 0.435. The molecule has 2 heterocycles. The van der Waals surface area contributed by atoms with Crippen molar-refractivity contribution >= 4 is 17.2 Å². The second kappa shape index (κ2) is 4.55. The van der Waals surface area contributed by atoms with E-state index in [1.165, 1.54) is 11.1 Å². The molecule has 0 unspecified atom stereocenters. The molecule has 3 nitrogen and oxygen atoms in total. The number of hydrogen-bond donors (Lipinski definition) is 1. The Bertz CT molecular complexity index is 710. The second-order valence-electron chi connectivity index (χ2n) is 4.61. The van der Waals surface area contributed by atoms with Gasteiger partial charge in [0.1, 0.15) is 0 Å². The van der Waals surface area contributed by atoms with Gasteiger partial charge in [0.2, 0.25) is 0 Å². The van der Waals surface area contributed by atoms with E-state index in [0.717, 1.165) is 22.5 Å². The first kappa shape index (κ1) is 12.0. The van der Waals surface area contributed by atoms with Gasteiger partial charge < -0.3 is 10.3 Å².